The van der Waals surface area contributed by atoms with Gasteiger partial charge in [0.25, 0.3) is 0 Å². The van der Waals surface area contributed by atoms with Crippen LogP contribution in [0, 0.1) is 0 Å². The van der Waals surface area contributed by atoms with Crippen molar-refractivity contribution in [2.24, 2.45) is 0 Å². The summed E-state index contributed by atoms with van der Waals surface area (Å²) < 4.78 is 10.4. The van der Waals surface area contributed by atoms with Crippen molar-refractivity contribution < 1.29 is 24.2 Å². The number of hydrogen-bond donors (Lipinski definition) is 1. The van der Waals surface area contributed by atoms with Crippen molar-refractivity contribution in [1.82, 2.24) is 9.80 Å². The molecule has 1 aromatic carbocycles. The Morgan fingerprint density at radius 1 is 1.38 bits per heavy atom. The van der Waals surface area contributed by atoms with Crippen molar-refractivity contribution in [3.8, 4) is 5.75 Å². The average molecular weight is 334 g/mol. The number of aliphatic hydroxyl groups excluding tert-OH is 1. The molecule has 2 aliphatic rings. The largest absolute Gasteiger partial charge is 0.492 e. The summed E-state index contributed by atoms with van der Waals surface area (Å²) in [6, 6.07) is 7.07. The van der Waals surface area contributed by atoms with E-state index in [9.17, 15) is 14.7 Å². The zero-order chi connectivity index (χ0) is 17.1. The first-order valence-electron chi connectivity index (χ1n) is 8.07. The highest BCUT2D eigenvalue weighted by atomic mass is 16.5. The number of carbonyl (C=O) groups excluding carboxylic acids is 2. The number of esters is 1. The molecule has 0 aliphatic carbocycles. The molecule has 2 heterocycles. The highest BCUT2D eigenvalue weighted by molar-refractivity contribution is 5.86. The van der Waals surface area contributed by atoms with Gasteiger partial charge in [0.1, 0.15) is 18.4 Å². The predicted molar refractivity (Wildman–Crippen MR) is 85.4 cm³/mol. The van der Waals surface area contributed by atoms with Gasteiger partial charge in [0.2, 0.25) is 5.91 Å². The van der Waals surface area contributed by atoms with Crippen LogP contribution in [-0.4, -0.2) is 72.3 Å². The Kier molecular flexibility index (Phi) is 5.01. The van der Waals surface area contributed by atoms with Gasteiger partial charge in [-0.1, -0.05) is 18.2 Å². The molecule has 24 heavy (non-hydrogen) atoms. The van der Waals surface area contributed by atoms with Gasteiger partial charge >= 0.3 is 5.97 Å². The summed E-state index contributed by atoms with van der Waals surface area (Å²) in [5, 5.41) is 9.81. The minimum absolute atomic E-state index is 0.166. The van der Waals surface area contributed by atoms with E-state index in [1.165, 1.54) is 12.0 Å². The van der Waals surface area contributed by atoms with Gasteiger partial charge in [-0.2, -0.15) is 0 Å². The second-order valence-electron chi connectivity index (χ2n) is 6.14. The molecule has 7 heteroatoms. The molecule has 130 valence electrons. The van der Waals surface area contributed by atoms with Crippen LogP contribution in [0.5, 0.6) is 5.75 Å². The summed E-state index contributed by atoms with van der Waals surface area (Å²) in [5.41, 5.74) is 1.04. The second-order valence-corrected chi connectivity index (χ2v) is 6.14. The number of rotatable bonds is 3. The highest BCUT2D eigenvalue weighted by Gasteiger charge is 2.39. The molecule has 1 amide bonds. The van der Waals surface area contributed by atoms with E-state index in [1.54, 1.807) is 0 Å². The minimum atomic E-state index is -0.701. The smallest absolute Gasteiger partial charge is 0.328 e. The Morgan fingerprint density at radius 3 is 2.96 bits per heavy atom. The molecule has 2 aliphatic heterocycles. The third-order valence-electron chi connectivity index (χ3n) is 4.46. The third kappa shape index (κ3) is 3.52. The number of hydrogen-bond acceptors (Lipinski definition) is 6. The zero-order valence-corrected chi connectivity index (χ0v) is 13.7. The molecule has 1 aromatic rings. The Balaban J connectivity index is 1.67. The molecule has 0 saturated carbocycles. The lowest BCUT2D eigenvalue weighted by Gasteiger charge is -2.26. The highest BCUT2D eigenvalue weighted by Crippen LogP contribution is 2.23. The number of fused-ring (bicyclic) bond motifs is 1. The van der Waals surface area contributed by atoms with Gasteiger partial charge in [-0.15, -0.1) is 0 Å². The van der Waals surface area contributed by atoms with Crippen LogP contribution < -0.4 is 4.74 Å². The van der Waals surface area contributed by atoms with Crippen LogP contribution in [-0.2, 0) is 20.9 Å². The fourth-order valence-electron chi connectivity index (χ4n) is 3.25. The number of amides is 1. The molecule has 3 rings (SSSR count). The van der Waals surface area contributed by atoms with Crippen LogP contribution in [0.1, 0.15) is 12.0 Å². The molecule has 1 N–H and O–H groups in total. The number of benzene rings is 1. The van der Waals surface area contributed by atoms with Crippen molar-refractivity contribution in [2.75, 3.05) is 33.4 Å². The maximum Gasteiger partial charge on any atom is 0.328 e. The summed E-state index contributed by atoms with van der Waals surface area (Å²) in [7, 11) is 1.29. The first-order chi connectivity index (χ1) is 11.6. The van der Waals surface area contributed by atoms with Crippen LogP contribution in [0.3, 0.4) is 0 Å². The van der Waals surface area contributed by atoms with Crippen LogP contribution in [0.4, 0.5) is 0 Å². The Hall–Kier alpha value is -2.12. The standard InChI is InChI=1S/C17H22N2O5/c1-23-17(22)14-8-13(20)10-19(14)16(21)11-18-6-7-24-15-5-3-2-4-12(15)9-18/h2-5,13-14,20H,6-11H2,1H3/t13-,14+/m1/s1. The normalized spacial score (nSPS) is 24.0. The van der Waals surface area contributed by atoms with Gasteiger partial charge in [-0.3, -0.25) is 9.69 Å². The quantitative estimate of drug-likeness (QED) is 0.785. The summed E-state index contributed by atoms with van der Waals surface area (Å²) in [6.07, 6.45) is -0.462. The molecule has 1 fully saturated rings. The fourth-order valence-corrected chi connectivity index (χ4v) is 3.25. The van der Waals surface area contributed by atoms with Crippen molar-refractivity contribution >= 4 is 11.9 Å². The summed E-state index contributed by atoms with van der Waals surface area (Å²) in [6.45, 7) is 2.09. The number of β-amino-alcohol motifs (C(OH)–C–C–N with tert-alkyl or cyclic N) is 1. The van der Waals surface area contributed by atoms with Crippen molar-refractivity contribution in [3.05, 3.63) is 29.8 Å². The van der Waals surface area contributed by atoms with E-state index in [0.717, 1.165) is 11.3 Å². The molecule has 1 saturated heterocycles. The number of carbonyl (C=O) groups is 2. The zero-order valence-electron chi connectivity index (χ0n) is 13.7. The Bertz CT molecular complexity index is 621. The van der Waals surface area contributed by atoms with Crippen LogP contribution in [0.2, 0.25) is 0 Å². The number of ether oxygens (including phenoxy) is 2. The average Bonchev–Trinajstić information content (AvgIpc) is 2.85. The summed E-state index contributed by atoms with van der Waals surface area (Å²) >= 11 is 0. The van der Waals surface area contributed by atoms with Gasteiger partial charge in [0.15, 0.2) is 0 Å². The fraction of sp³-hybridized carbons (Fsp3) is 0.529. The van der Waals surface area contributed by atoms with E-state index in [1.807, 2.05) is 29.2 Å². The van der Waals surface area contributed by atoms with Crippen molar-refractivity contribution in [3.63, 3.8) is 0 Å². The van der Waals surface area contributed by atoms with Gasteiger partial charge in [0.05, 0.1) is 19.8 Å². The van der Waals surface area contributed by atoms with Crippen LogP contribution >= 0.6 is 0 Å². The van der Waals surface area contributed by atoms with E-state index >= 15 is 0 Å². The summed E-state index contributed by atoms with van der Waals surface area (Å²) in [4.78, 5) is 27.9. The molecular weight excluding hydrogens is 312 g/mol. The SMILES string of the molecule is COC(=O)[C@@H]1C[C@@H](O)CN1C(=O)CN1CCOc2ccccc2C1. The molecule has 0 bridgehead atoms. The third-order valence-corrected chi connectivity index (χ3v) is 4.46. The van der Waals surface area contributed by atoms with Gasteiger partial charge in [0, 0.05) is 31.6 Å². The number of nitrogens with zero attached hydrogens (tertiary/aromatic N) is 2. The van der Waals surface area contributed by atoms with Gasteiger partial charge in [-0.25, -0.2) is 4.79 Å². The molecule has 0 radical (unpaired) electrons. The molecule has 0 aromatic heterocycles. The minimum Gasteiger partial charge on any atom is -0.492 e. The monoisotopic (exact) mass is 334 g/mol. The number of para-hydroxylation sites is 1. The van der Waals surface area contributed by atoms with Gasteiger partial charge in [-0.05, 0) is 6.07 Å². The first-order valence-corrected chi connectivity index (χ1v) is 8.07. The molecule has 2 atom stereocenters. The van der Waals surface area contributed by atoms with E-state index in [0.29, 0.717) is 19.7 Å². The lowest BCUT2D eigenvalue weighted by molar-refractivity contribution is -0.151. The molecule has 0 unspecified atom stereocenters. The van der Waals surface area contributed by atoms with E-state index in [4.69, 9.17) is 9.47 Å². The summed E-state index contributed by atoms with van der Waals surface area (Å²) in [5.74, 6) is 0.183. The Labute approximate surface area is 140 Å². The lowest BCUT2D eigenvalue weighted by Crippen LogP contribution is -2.46. The number of likely N-dealkylation sites (tertiary alicyclic amines) is 1. The van der Waals surface area contributed by atoms with E-state index < -0.39 is 18.1 Å². The topological polar surface area (TPSA) is 79.3 Å². The molecule has 0 spiro atoms. The predicted octanol–water partition coefficient (Wildman–Crippen LogP) is 0.0158. The van der Waals surface area contributed by atoms with Crippen molar-refractivity contribution in [2.45, 2.75) is 25.1 Å². The van der Waals surface area contributed by atoms with Gasteiger partial charge < -0.3 is 19.5 Å². The van der Waals surface area contributed by atoms with E-state index in [-0.39, 0.29) is 25.4 Å². The van der Waals surface area contributed by atoms with Crippen LogP contribution in [0.25, 0.3) is 0 Å². The number of aliphatic hydroxyl groups is 1. The maximum absolute atomic E-state index is 12.6. The maximum atomic E-state index is 12.6. The Morgan fingerprint density at radius 2 is 2.17 bits per heavy atom. The van der Waals surface area contributed by atoms with Crippen molar-refractivity contribution in [1.29, 1.82) is 0 Å². The molecule has 7 nitrogen and oxygen atoms in total. The van der Waals surface area contributed by atoms with Crippen LogP contribution in [0.15, 0.2) is 24.3 Å². The first kappa shape index (κ1) is 16.7. The number of methoxy groups -OCH3 is 1. The van der Waals surface area contributed by atoms with E-state index in [2.05, 4.69) is 0 Å². The lowest BCUT2D eigenvalue weighted by atomic mass is 10.2. The molecular formula is C17H22N2O5. The second kappa shape index (κ2) is 7.19.